The topological polar surface area (TPSA) is 75.9 Å². The highest BCUT2D eigenvalue weighted by Gasteiger charge is 1.99. The quantitative estimate of drug-likeness (QED) is 0.493. The minimum Gasteiger partial charge on any atom is -0.340 e. The van der Waals surface area contributed by atoms with E-state index in [1.165, 1.54) is 10.8 Å². The second-order valence-electron chi connectivity index (χ2n) is 4.10. The monoisotopic (exact) mass is 251 g/mol. The number of hydrogen-bond donors (Lipinski definition) is 3. The van der Waals surface area contributed by atoms with Crippen molar-refractivity contribution in [3.05, 3.63) is 54.7 Å². The molecule has 5 heteroatoms. The highest BCUT2D eigenvalue weighted by molar-refractivity contribution is 5.86. The maximum absolute atomic E-state index is 5.28. The van der Waals surface area contributed by atoms with E-state index in [1.807, 2.05) is 18.2 Å². The van der Waals surface area contributed by atoms with Crippen LogP contribution in [-0.2, 0) is 0 Å². The maximum Gasteiger partial charge on any atom is 0.239 e. The molecule has 0 aliphatic heterocycles. The zero-order valence-corrected chi connectivity index (χ0v) is 10.2. The van der Waals surface area contributed by atoms with Gasteiger partial charge in [0.2, 0.25) is 5.95 Å². The van der Waals surface area contributed by atoms with Gasteiger partial charge in [-0.1, -0.05) is 30.3 Å². The number of benzene rings is 2. The van der Waals surface area contributed by atoms with Crippen molar-refractivity contribution >= 4 is 28.2 Å². The summed E-state index contributed by atoms with van der Waals surface area (Å²) < 4.78 is 0. The highest BCUT2D eigenvalue weighted by atomic mass is 15.3. The third-order valence-electron chi connectivity index (χ3n) is 2.81. The van der Waals surface area contributed by atoms with E-state index < -0.39 is 0 Å². The first-order valence-corrected chi connectivity index (χ1v) is 5.91. The Labute approximate surface area is 110 Å². The smallest absolute Gasteiger partial charge is 0.239 e. The van der Waals surface area contributed by atoms with E-state index in [9.17, 15) is 0 Å². The molecule has 0 fully saturated rings. The third kappa shape index (κ3) is 2.46. The van der Waals surface area contributed by atoms with E-state index in [2.05, 4.69) is 45.0 Å². The lowest BCUT2D eigenvalue weighted by atomic mass is 10.1. The molecule has 3 aromatic rings. The molecule has 0 bridgehead atoms. The molecule has 2 aromatic carbocycles. The molecule has 0 aliphatic carbocycles. The molecule has 0 aliphatic rings. The summed E-state index contributed by atoms with van der Waals surface area (Å²) in [5.41, 5.74) is 3.39. The van der Waals surface area contributed by atoms with Crippen LogP contribution in [0, 0.1) is 0 Å². The summed E-state index contributed by atoms with van der Waals surface area (Å²) >= 11 is 0. The van der Waals surface area contributed by atoms with Crippen molar-refractivity contribution in [2.24, 2.45) is 5.84 Å². The number of hydrazine groups is 1. The van der Waals surface area contributed by atoms with Gasteiger partial charge in [0, 0.05) is 11.9 Å². The number of fused-ring (bicyclic) bond motifs is 1. The van der Waals surface area contributed by atoms with E-state index in [4.69, 9.17) is 5.84 Å². The molecule has 0 saturated carbocycles. The lowest BCUT2D eigenvalue weighted by Gasteiger charge is -2.07. The molecule has 0 atom stereocenters. The summed E-state index contributed by atoms with van der Waals surface area (Å²) in [6, 6.07) is 16.2. The van der Waals surface area contributed by atoms with Crippen LogP contribution in [0.3, 0.4) is 0 Å². The normalized spacial score (nSPS) is 10.4. The molecule has 94 valence electrons. The van der Waals surface area contributed by atoms with Crippen molar-refractivity contribution in [3.8, 4) is 0 Å². The molecule has 3 rings (SSSR count). The summed E-state index contributed by atoms with van der Waals surface area (Å²) in [6.45, 7) is 0. The average Bonchev–Trinajstić information content (AvgIpc) is 2.47. The van der Waals surface area contributed by atoms with Crippen molar-refractivity contribution in [2.75, 3.05) is 10.7 Å². The third-order valence-corrected chi connectivity index (χ3v) is 2.81. The molecule has 0 radical (unpaired) electrons. The van der Waals surface area contributed by atoms with Crippen LogP contribution in [-0.4, -0.2) is 9.97 Å². The SMILES string of the molecule is NNc1nccc(Nc2ccc3ccccc3c2)n1. The van der Waals surface area contributed by atoms with Gasteiger partial charge in [0.1, 0.15) is 5.82 Å². The van der Waals surface area contributed by atoms with Crippen LogP contribution in [0.15, 0.2) is 54.7 Å². The van der Waals surface area contributed by atoms with Crippen molar-refractivity contribution < 1.29 is 0 Å². The van der Waals surface area contributed by atoms with Crippen molar-refractivity contribution in [3.63, 3.8) is 0 Å². The molecule has 5 nitrogen and oxygen atoms in total. The zero-order chi connectivity index (χ0) is 13.1. The first-order chi connectivity index (χ1) is 9.35. The summed E-state index contributed by atoms with van der Waals surface area (Å²) in [6.07, 6.45) is 1.64. The number of nitrogens with one attached hydrogen (secondary N) is 2. The van der Waals surface area contributed by atoms with Crippen LogP contribution in [0.5, 0.6) is 0 Å². The highest BCUT2D eigenvalue weighted by Crippen LogP contribution is 2.21. The van der Waals surface area contributed by atoms with Crippen molar-refractivity contribution in [1.29, 1.82) is 0 Å². The van der Waals surface area contributed by atoms with Gasteiger partial charge in [-0.25, -0.2) is 10.8 Å². The average molecular weight is 251 g/mol. The number of rotatable bonds is 3. The molecule has 4 N–H and O–H groups in total. The lowest BCUT2D eigenvalue weighted by molar-refractivity contribution is 1.12. The Morgan fingerprint density at radius 2 is 1.79 bits per heavy atom. The maximum atomic E-state index is 5.28. The second-order valence-corrected chi connectivity index (χ2v) is 4.10. The number of aromatic nitrogens is 2. The van der Waals surface area contributed by atoms with Gasteiger partial charge < -0.3 is 5.32 Å². The van der Waals surface area contributed by atoms with Crippen molar-refractivity contribution in [2.45, 2.75) is 0 Å². The van der Waals surface area contributed by atoms with Gasteiger partial charge in [-0.2, -0.15) is 4.98 Å². The number of nitrogens with two attached hydrogens (primary N) is 1. The number of anilines is 3. The molecule has 19 heavy (non-hydrogen) atoms. The molecule has 1 aromatic heterocycles. The van der Waals surface area contributed by atoms with Gasteiger partial charge in [0.05, 0.1) is 0 Å². The van der Waals surface area contributed by atoms with Crippen LogP contribution < -0.4 is 16.6 Å². The van der Waals surface area contributed by atoms with Crippen LogP contribution in [0.1, 0.15) is 0 Å². The van der Waals surface area contributed by atoms with E-state index >= 15 is 0 Å². The summed E-state index contributed by atoms with van der Waals surface area (Å²) in [5.74, 6) is 6.36. The minimum atomic E-state index is 0.380. The lowest BCUT2D eigenvalue weighted by Crippen LogP contribution is -2.10. The van der Waals surface area contributed by atoms with Crippen LogP contribution in [0.2, 0.25) is 0 Å². The molecular formula is C14H13N5. The van der Waals surface area contributed by atoms with E-state index in [0.29, 0.717) is 11.8 Å². The number of hydrogen-bond acceptors (Lipinski definition) is 5. The van der Waals surface area contributed by atoms with E-state index in [-0.39, 0.29) is 0 Å². The Morgan fingerprint density at radius 1 is 0.947 bits per heavy atom. The first kappa shape index (κ1) is 11.4. The Hall–Kier alpha value is -2.66. The van der Waals surface area contributed by atoms with Crippen LogP contribution in [0.4, 0.5) is 17.5 Å². The molecule has 0 saturated heterocycles. The van der Waals surface area contributed by atoms with Crippen molar-refractivity contribution in [1.82, 2.24) is 9.97 Å². The molecule has 1 heterocycles. The van der Waals surface area contributed by atoms with Gasteiger partial charge in [0.15, 0.2) is 0 Å². The van der Waals surface area contributed by atoms with Gasteiger partial charge >= 0.3 is 0 Å². The second kappa shape index (κ2) is 4.91. The summed E-state index contributed by atoms with van der Waals surface area (Å²) in [5, 5.41) is 5.61. The zero-order valence-electron chi connectivity index (χ0n) is 10.2. The van der Waals surface area contributed by atoms with E-state index in [0.717, 1.165) is 5.69 Å². The molecule has 0 spiro atoms. The van der Waals surface area contributed by atoms with Crippen LogP contribution in [0.25, 0.3) is 10.8 Å². The van der Waals surface area contributed by atoms with Gasteiger partial charge in [-0.3, -0.25) is 5.43 Å². The summed E-state index contributed by atoms with van der Waals surface area (Å²) in [7, 11) is 0. The van der Waals surface area contributed by atoms with Gasteiger partial charge in [-0.15, -0.1) is 0 Å². The standard InChI is InChI=1S/C14H13N5/c15-19-14-16-8-7-13(18-14)17-12-6-5-10-3-1-2-4-11(10)9-12/h1-9H,15H2,(H2,16,17,18,19). The largest absolute Gasteiger partial charge is 0.340 e. The Balaban J connectivity index is 1.92. The fraction of sp³-hybridized carbons (Fsp3) is 0. The molecule has 0 amide bonds. The molecule has 0 unspecified atom stereocenters. The Morgan fingerprint density at radius 3 is 2.63 bits per heavy atom. The Bertz CT molecular complexity index is 711. The minimum absolute atomic E-state index is 0.380. The fourth-order valence-corrected chi connectivity index (χ4v) is 1.91. The fourth-order valence-electron chi connectivity index (χ4n) is 1.91. The van der Waals surface area contributed by atoms with Gasteiger partial charge in [0.25, 0.3) is 0 Å². The predicted molar refractivity (Wildman–Crippen MR) is 77.1 cm³/mol. The van der Waals surface area contributed by atoms with Gasteiger partial charge in [-0.05, 0) is 29.0 Å². The Kier molecular flexibility index (Phi) is 2.96. The predicted octanol–water partition coefficient (Wildman–Crippen LogP) is 2.66. The van der Waals surface area contributed by atoms with E-state index in [1.54, 1.807) is 12.3 Å². The molecular weight excluding hydrogens is 238 g/mol. The number of nitrogen functional groups attached to an aromatic ring is 1. The van der Waals surface area contributed by atoms with Crippen LogP contribution >= 0.6 is 0 Å². The number of nitrogens with zero attached hydrogens (tertiary/aromatic N) is 2. The first-order valence-electron chi connectivity index (χ1n) is 5.91. The summed E-state index contributed by atoms with van der Waals surface area (Å²) in [4.78, 5) is 8.17.